The van der Waals surface area contributed by atoms with Crippen LogP contribution in [-0.2, 0) is 9.59 Å². The lowest BCUT2D eigenvalue weighted by Crippen LogP contribution is -2.71. The summed E-state index contributed by atoms with van der Waals surface area (Å²) in [5.74, 6) is -4.64. The van der Waals surface area contributed by atoms with E-state index in [-0.39, 0.29) is 0 Å². The molecule has 152 valence electrons. The number of halogens is 6. The minimum absolute atomic E-state index is 0.555. The lowest BCUT2D eigenvalue weighted by atomic mass is 9.75. The van der Waals surface area contributed by atoms with Gasteiger partial charge in [0.15, 0.2) is 0 Å². The second-order valence-corrected chi connectivity index (χ2v) is 5.61. The van der Waals surface area contributed by atoms with E-state index in [9.17, 15) is 26.3 Å². The maximum absolute atomic E-state index is 10.6. The van der Waals surface area contributed by atoms with Crippen molar-refractivity contribution < 1.29 is 46.1 Å². The molecule has 2 saturated heterocycles. The molecule has 14 heteroatoms. The summed E-state index contributed by atoms with van der Waals surface area (Å²) in [5.41, 5.74) is 0.555. The summed E-state index contributed by atoms with van der Waals surface area (Å²) >= 11 is 0. The van der Waals surface area contributed by atoms with Crippen molar-refractivity contribution >= 4 is 17.9 Å². The number of aromatic nitrogens is 2. The zero-order valence-electron chi connectivity index (χ0n) is 13.4. The van der Waals surface area contributed by atoms with Crippen molar-refractivity contribution in [3.63, 3.8) is 0 Å². The molecule has 0 radical (unpaired) electrons. The van der Waals surface area contributed by atoms with E-state index in [4.69, 9.17) is 19.8 Å². The molecule has 3 N–H and O–H groups in total. The average Bonchev–Trinajstić information content (AvgIpc) is 2.44. The number of carboxylic acids is 2. The molecule has 0 amide bonds. The van der Waals surface area contributed by atoms with Gasteiger partial charge in [0.25, 0.3) is 0 Å². The Kier molecular flexibility index (Phi) is 6.94. The lowest BCUT2D eigenvalue weighted by Gasteiger charge is -2.55. The van der Waals surface area contributed by atoms with Gasteiger partial charge in [-0.1, -0.05) is 0 Å². The Bertz CT molecular complexity index is 616. The first-order valence-corrected chi connectivity index (χ1v) is 7.10. The van der Waals surface area contributed by atoms with E-state index in [1.54, 1.807) is 12.4 Å². The van der Waals surface area contributed by atoms with Crippen LogP contribution in [0.25, 0.3) is 0 Å². The van der Waals surface area contributed by atoms with Crippen molar-refractivity contribution in [2.45, 2.75) is 12.4 Å². The number of hydrogen-bond acceptors (Lipinski definition) is 6. The van der Waals surface area contributed by atoms with Gasteiger partial charge in [-0.25, -0.2) is 19.6 Å². The third-order valence-electron chi connectivity index (χ3n) is 3.37. The minimum Gasteiger partial charge on any atom is -0.475 e. The normalized spacial score (nSPS) is 17.3. The van der Waals surface area contributed by atoms with E-state index in [0.717, 1.165) is 32.1 Å². The zero-order chi connectivity index (χ0) is 20.9. The van der Waals surface area contributed by atoms with Crippen molar-refractivity contribution in [1.82, 2.24) is 15.3 Å². The number of aliphatic carboxylic acids is 2. The number of anilines is 1. The van der Waals surface area contributed by atoms with E-state index in [0.29, 0.717) is 5.41 Å². The second-order valence-electron chi connectivity index (χ2n) is 5.61. The number of hydrogen-bond donors (Lipinski definition) is 3. The molecule has 0 atom stereocenters. The number of alkyl halides is 6. The Morgan fingerprint density at radius 2 is 1.33 bits per heavy atom. The van der Waals surface area contributed by atoms with E-state index < -0.39 is 24.3 Å². The summed E-state index contributed by atoms with van der Waals surface area (Å²) in [4.78, 5) is 28.5. The molecule has 1 aromatic heterocycles. The van der Waals surface area contributed by atoms with E-state index in [1.165, 1.54) is 0 Å². The molecule has 0 aliphatic carbocycles. The predicted molar refractivity (Wildman–Crippen MR) is 76.9 cm³/mol. The fraction of sp³-hybridized carbons (Fsp3) is 0.538. The Hall–Kier alpha value is -2.64. The van der Waals surface area contributed by atoms with Crippen LogP contribution in [0.3, 0.4) is 0 Å². The quantitative estimate of drug-likeness (QED) is 0.598. The van der Waals surface area contributed by atoms with Crippen LogP contribution in [0.5, 0.6) is 0 Å². The standard InChI is InChI=1S/C9H12N4.2C2HF3O2/c1-2-11-8(12-3-1)13-6-9(7-13)4-10-5-9;2*3-2(4,5)1(6)7/h1-3,10H,4-7H2;2*(H,6,7). The van der Waals surface area contributed by atoms with Crippen molar-refractivity contribution in [3.8, 4) is 0 Å². The summed E-state index contributed by atoms with van der Waals surface area (Å²) in [7, 11) is 0. The lowest BCUT2D eigenvalue weighted by molar-refractivity contribution is -0.193. The third-order valence-corrected chi connectivity index (χ3v) is 3.37. The van der Waals surface area contributed by atoms with Crippen LogP contribution in [0.2, 0.25) is 0 Å². The molecule has 27 heavy (non-hydrogen) atoms. The molecule has 2 aliphatic heterocycles. The molecule has 8 nitrogen and oxygen atoms in total. The summed E-state index contributed by atoms with van der Waals surface area (Å²) in [5, 5.41) is 17.6. The van der Waals surface area contributed by atoms with Crippen LogP contribution in [0.1, 0.15) is 0 Å². The van der Waals surface area contributed by atoms with Gasteiger partial charge >= 0.3 is 24.3 Å². The predicted octanol–water partition coefficient (Wildman–Crippen LogP) is 1.15. The molecule has 2 fully saturated rings. The van der Waals surface area contributed by atoms with Gasteiger partial charge in [-0.15, -0.1) is 0 Å². The SMILES string of the molecule is O=C(O)C(F)(F)F.O=C(O)C(F)(F)F.c1cnc(N2CC3(CNC3)C2)nc1. The van der Waals surface area contributed by atoms with Crippen molar-refractivity contribution in [2.24, 2.45) is 5.41 Å². The Morgan fingerprint density at radius 1 is 0.963 bits per heavy atom. The molecule has 0 bridgehead atoms. The van der Waals surface area contributed by atoms with Gasteiger partial charge in [-0.05, 0) is 6.07 Å². The molecule has 1 spiro atoms. The molecule has 0 aromatic carbocycles. The van der Waals surface area contributed by atoms with E-state index >= 15 is 0 Å². The molecule has 3 rings (SSSR count). The summed E-state index contributed by atoms with van der Waals surface area (Å²) < 4.78 is 63.5. The number of nitrogens with zero attached hydrogens (tertiary/aromatic N) is 3. The van der Waals surface area contributed by atoms with Crippen LogP contribution in [-0.4, -0.2) is 70.7 Å². The zero-order valence-corrected chi connectivity index (χ0v) is 13.4. The smallest absolute Gasteiger partial charge is 0.475 e. The van der Waals surface area contributed by atoms with Gasteiger partial charge in [0.1, 0.15) is 0 Å². The molecule has 0 unspecified atom stereocenters. The number of carbonyl (C=O) groups is 2. The Morgan fingerprint density at radius 3 is 1.59 bits per heavy atom. The van der Waals surface area contributed by atoms with Gasteiger partial charge in [0, 0.05) is 44.0 Å². The maximum atomic E-state index is 10.6. The highest BCUT2D eigenvalue weighted by molar-refractivity contribution is 5.73. The highest BCUT2D eigenvalue weighted by Gasteiger charge is 2.48. The number of nitrogens with one attached hydrogen (secondary N) is 1. The Balaban J connectivity index is 0.000000226. The van der Waals surface area contributed by atoms with Crippen LogP contribution < -0.4 is 10.2 Å². The molecular formula is C13H14F6N4O4. The van der Waals surface area contributed by atoms with Crippen molar-refractivity contribution in [1.29, 1.82) is 0 Å². The topological polar surface area (TPSA) is 116 Å². The minimum atomic E-state index is -5.08. The fourth-order valence-electron chi connectivity index (χ4n) is 2.06. The highest BCUT2D eigenvalue weighted by atomic mass is 19.4. The van der Waals surface area contributed by atoms with Crippen LogP contribution in [0, 0.1) is 5.41 Å². The molecule has 3 heterocycles. The molecular weight excluding hydrogens is 390 g/mol. The maximum Gasteiger partial charge on any atom is 0.490 e. The molecule has 1 aromatic rings. The van der Waals surface area contributed by atoms with Crippen molar-refractivity contribution in [2.75, 3.05) is 31.1 Å². The van der Waals surface area contributed by atoms with Crippen molar-refractivity contribution in [3.05, 3.63) is 18.5 Å². The van der Waals surface area contributed by atoms with E-state index in [2.05, 4.69) is 20.2 Å². The summed E-state index contributed by atoms with van der Waals surface area (Å²) in [6.07, 6.45) is -6.57. The van der Waals surface area contributed by atoms with Gasteiger partial charge in [-0.3, -0.25) is 0 Å². The van der Waals surface area contributed by atoms with Crippen LogP contribution in [0.15, 0.2) is 18.5 Å². The first-order chi connectivity index (χ1) is 12.3. The largest absolute Gasteiger partial charge is 0.490 e. The van der Waals surface area contributed by atoms with Gasteiger partial charge < -0.3 is 20.4 Å². The monoisotopic (exact) mass is 404 g/mol. The second kappa shape index (κ2) is 8.37. The van der Waals surface area contributed by atoms with Gasteiger partial charge in [0.05, 0.1) is 0 Å². The summed E-state index contributed by atoms with van der Waals surface area (Å²) in [6.45, 7) is 4.56. The van der Waals surface area contributed by atoms with Gasteiger partial charge in [-0.2, -0.15) is 26.3 Å². The average molecular weight is 404 g/mol. The molecule has 0 saturated carbocycles. The van der Waals surface area contributed by atoms with Crippen LogP contribution >= 0.6 is 0 Å². The molecule has 2 aliphatic rings. The third kappa shape index (κ3) is 6.88. The van der Waals surface area contributed by atoms with Crippen LogP contribution in [0.4, 0.5) is 32.3 Å². The Labute approximate surface area is 147 Å². The number of rotatable bonds is 1. The highest BCUT2D eigenvalue weighted by Crippen LogP contribution is 2.35. The van der Waals surface area contributed by atoms with Gasteiger partial charge in [0.2, 0.25) is 5.95 Å². The first kappa shape index (κ1) is 22.4. The fourth-order valence-corrected chi connectivity index (χ4v) is 2.06. The van der Waals surface area contributed by atoms with E-state index in [1.807, 2.05) is 6.07 Å². The summed E-state index contributed by atoms with van der Waals surface area (Å²) in [6, 6.07) is 1.85. The first-order valence-electron chi connectivity index (χ1n) is 7.10. The number of carboxylic acid groups (broad SMARTS) is 2.